The highest BCUT2D eigenvalue weighted by Crippen LogP contribution is 2.10. The summed E-state index contributed by atoms with van der Waals surface area (Å²) in [6.45, 7) is 4.27. The quantitative estimate of drug-likeness (QED) is 0.471. The average molecular weight is 170 g/mol. The smallest absolute Gasteiger partial charge is 0.424 e. The summed E-state index contributed by atoms with van der Waals surface area (Å²) >= 11 is 0. The fraction of sp³-hybridized carbons (Fsp3) is 0.778. The van der Waals surface area contributed by atoms with Crippen molar-refractivity contribution in [2.24, 2.45) is 5.92 Å². The van der Waals surface area contributed by atoms with Gasteiger partial charge in [0.2, 0.25) is 0 Å². The highest BCUT2D eigenvalue weighted by Gasteiger charge is 2.01. The maximum Gasteiger partial charge on any atom is 0.480 e. The largest absolute Gasteiger partial charge is 0.480 e. The molecule has 2 nitrogen and oxygen atoms in total. The average Bonchev–Trinajstić information content (AvgIpc) is 2.01. The second-order valence-electron chi connectivity index (χ2n) is 3.27. The molecule has 3 heteroatoms. The van der Waals surface area contributed by atoms with Gasteiger partial charge >= 0.3 is 7.12 Å². The Morgan fingerprint density at radius 3 is 2.50 bits per heavy atom. The summed E-state index contributed by atoms with van der Waals surface area (Å²) in [6, 6.07) is 0. The van der Waals surface area contributed by atoms with Crippen LogP contribution in [0.4, 0.5) is 0 Å². The lowest BCUT2D eigenvalue weighted by Gasteiger charge is -2.04. The van der Waals surface area contributed by atoms with Crippen molar-refractivity contribution in [3.05, 3.63) is 12.1 Å². The molecule has 0 aromatic heterocycles. The Balaban J connectivity index is 3.38. The van der Waals surface area contributed by atoms with Crippen molar-refractivity contribution in [3.63, 3.8) is 0 Å². The van der Waals surface area contributed by atoms with E-state index in [4.69, 9.17) is 10.0 Å². The van der Waals surface area contributed by atoms with Crippen molar-refractivity contribution >= 4 is 7.12 Å². The molecule has 0 bridgehead atoms. The lowest BCUT2D eigenvalue weighted by atomic mass is 9.89. The Bertz CT molecular complexity index is 124. The molecule has 0 aliphatic rings. The Labute approximate surface area is 75.5 Å². The summed E-state index contributed by atoms with van der Waals surface area (Å²) in [5.74, 6) is 1.88. The van der Waals surface area contributed by atoms with E-state index in [0.717, 1.165) is 6.42 Å². The number of hydrogen-bond acceptors (Lipinski definition) is 2. The highest BCUT2D eigenvalue weighted by atomic mass is 16.4. The molecule has 0 unspecified atom stereocenters. The normalized spacial score (nSPS) is 13.7. The molecule has 0 aliphatic carbocycles. The zero-order valence-electron chi connectivity index (χ0n) is 8.03. The molecule has 0 rings (SSSR count). The highest BCUT2D eigenvalue weighted by molar-refractivity contribution is 6.47. The first-order valence-corrected chi connectivity index (χ1v) is 4.71. The van der Waals surface area contributed by atoms with E-state index in [1.807, 2.05) is 6.08 Å². The number of allylic oxidation sites excluding steroid dienone is 1. The molecule has 0 saturated heterocycles. The molecule has 0 fully saturated rings. The third kappa shape index (κ3) is 7.83. The fourth-order valence-corrected chi connectivity index (χ4v) is 1.10. The summed E-state index contributed by atoms with van der Waals surface area (Å²) in [5.41, 5.74) is 0. The van der Waals surface area contributed by atoms with Gasteiger partial charge in [-0.05, 0) is 12.3 Å². The van der Waals surface area contributed by atoms with E-state index in [9.17, 15) is 0 Å². The van der Waals surface area contributed by atoms with Gasteiger partial charge < -0.3 is 10.0 Å². The van der Waals surface area contributed by atoms with Gasteiger partial charge in [0.15, 0.2) is 0 Å². The predicted molar refractivity (Wildman–Crippen MR) is 52.6 cm³/mol. The van der Waals surface area contributed by atoms with Crippen LogP contribution in [0, 0.1) is 5.92 Å². The van der Waals surface area contributed by atoms with Gasteiger partial charge in [-0.3, -0.25) is 0 Å². The minimum Gasteiger partial charge on any atom is -0.424 e. The summed E-state index contributed by atoms with van der Waals surface area (Å²) < 4.78 is 0. The second kappa shape index (κ2) is 7.38. The van der Waals surface area contributed by atoms with Crippen LogP contribution in [0.1, 0.15) is 39.5 Å². The van der Waals surface area contributed by atoms with Crippen molar-refractivity contribution < 1.29 is 10.0 Å². The predicted octanol–water partition coefficient (Wildman–Crippen LogP) is 1.77. The van der Waals surface area contributed by atoms with Crippen molar-refractivity contribution in [2.75, 3.05) is 0 Å². The van der Waals surface area contributed by atoms with Crippen LogP contribution in [-0.4, -0.2) is 17.2 Å². The number of unbranched alkanes of at least 4 members (excludes halogenated alkanes) is 2. The molecule has 0 amide bonds. The van der Waals surface area contributed by atoms with Gasteiger partial charge in [0.1, 0.15) is 0 Å². The molecule has 2 N–H and O–H groups in total. The maximum atomic E-state index is 8.54. The zero-order valence-corrected chi connectivity index (χ0v) is 8.03. The molecule has 0 aliphatic heterocycles. The summed E-state index contributed by atoms with van der Waals surface area (Å²) in [6.07, 6.45) is 6.72. The standard InChI is InChI=1S/C9H19BO2/c1-3-4-5-6-9(2)7-8-10(11)12/h7-9,11-12H,3-6H2,1-2H3/b8-7+/t9-/m0/s1. The van der Waals surface area contributed by atoms with Gasteiger partial charge in [0, 0.05) is 0 Å². The molecule has 0 heterocycles. The Hall–Kier alpha value is -0.275. The topological polar surface area (TPSA) is 40.5 Å². The first-order valence-electron chi connectivity index (χ1n) is 4.71. The molecule has 70 valence electrons. The lowest BCUT2D eigenvalue weighted by Crippen LogP contribution is -2.06. The molecule has 12 heavy (non-hydrogen) atoms. The van der Waals surface area contributed by atoms with Gasteiger partial charge in [-0.2, -0.15) is 0 Å². The monoisotopic (exact) mass is 170 g/mol. The van der Waals surface area contributed by atoms with Gasteiger partial charge in [-0.25, -0.2) is 0 Å². The Morgan fingerprint density at radius 2 is 2.00 bits per heavy atom. The van der Waals surface area contributed by atoms with Crippen molar-refractivity contribution in [2.45, 2.75) is 39.5 Å². The van der Waals surface area contributed by atoms with Gasteiger partial charge in [0.25, 0.3) is 0 Å². The summed E-state index contributed by atoms with van der Waals surface area (Å²) in [4.78, 5) is 0. The van der Waals surface area contributed by atoms with Crippen LogP contribution in [0.5, 0.6) is 0 Å². The molecular weight excluding hydrogens is 151 g/mol. The number of hydrogen-bond donors (Lipinski definition) is 2. The Kier molecular flexibility index (Phi) is 7.21. The maximum absolute atomic E-state index is 8.54. The zero-order chi connectivity index (χ0) is 9.40. The van der Waals surface area contributed by atoms with E-state index in [0.29, 0.717) is 5.92 Å². The molecule has 0 aromatic rings. The van der Waals surface area contributed by atoms with Gasteiger partial charge in [-0.1, -0.05) is 45.2 Å². The van der Waals surface area contributed by atoms with Gasteiger partial charge in [0.05, 0.1) is 0 Å². The molecule has 0 saturated carbocycles. The molecular formula is C9H19BO2. The van der Waals surface area contributed by atoms with Crippen LogP contribution < -0.4 is 0 Å². The first kappa shape index (κ1) is 11.7. The van der Waals surface area contributed by atoms with Crippen LogP contribution >= 0.6 is 0 Å². The molecule has 0 radical (unpaired) electrons. The molecule has 0 spiro atoms. The first-order chi connectivity index (χ1) is 5.66. The summed E-state index contributed by atoms with van der Waals surface area (Å²) in [7, 11) is -1.29. The van der Waals surface area contributed by atoms with Crippen molar-refractivity contribution in [3.8, 4) is 0 Å². The minimum atomic E-state index is -1.29. The Morgan fingerprint density at radius 1 is 1.33 bits per heavy atom. The SMILES string of the molecule is CCCCC[C@H](C)/C=C/B(O)O. The third-order valence-electron chi connectivity index (χ3n) is 1.87. The fourth-order valence-electron chi connectivity index (χ4n) is 1.10. The minimum absolute atomic E-state index is 0.457. The van der Waals surface area contributed by atoms with Crippen molar-refractivity contribution in [1.82, 2.24) is 0 Å². The van der Waals surface area contributed by atoms with Crippen LogP contribution in [0.25, 0.3) is 0 Å². The van der Waals surface area contributed by atoms with Crippen LogP contribution in [0.2, 0.25) is 0 Å². The van der Waals surface area contributed by atoms with E-state index in [2.05, 4.69) is 13.8 Å². The van der Waals surface area contributed by atoms with Crippen LogP contribution in [-0.2, 0) is 0 Å². The van der Waals surface area contributed by atoms with E-state index < -0.39 is 7.12 Å². The van der Waals surface area contributed by atoms with Crippen molar-refractivity contribution in [1.29, 1.82) is 0 Å². The second-order valence-corrected chi connectivity index (χ2v) is 3.27. The van der Waals surface area contributed by atoms with Crippen LogP contribution in [0.3, 0.4) is 0 Å². The number of rotatable bonds is 6. The third-order valence-corrected chi connectivity index (χ3v) is 1.87. The lowest BCUT2D eigenvalue weighted by molar-refractivity contribution is 0.423. The van der Waals surface area contributed by atoms with E-state index in [-0.39, 0.29) is 0 Å². The molecule has 1 atom stereocenters. The van der Waals surface area contributed by atoms with Crippen LogP contribution in [0.15, 0.2) is 12.1 Å². The van der Waals surface area contributed by atoms with E-state index in [1.165, 1.54) is 25.2 Å². The van der Waals surface area contributed by atoms with E-state index in [1.54, 1.807) is 0 Å². The molecule has 0 aromatic carbocycles. The van der Waals surface area contributed by atoms with E-state index >= 15 is 0 Å². The van der Waals surface area contributed by atoms with Gasteiger partial charge in [-0.15, -0.1) is 0 Å². The summed E-state index contributed by atoms with van der Waals surface area (Å²) in [5, 5.41) is 17.1.